The summed E-state index contributed by atoms with van der Waals surface area (Å²) in [5.74, 6) is 1.32. The van der Waals surface area contributed by atoms with Crippen LogP contribution in [0, 0.1) is 11.8 Å². The van der Waals surface area contributed by atoms with Crippen molar-refractivity contribution in [2.45, 2.75) is 57.1 Å². The van der Waals surface area contributed by atoms with Crippen LogP contribution >= 0.6 is 0 Å². The van der Waals surface area contributed by atoms with Gasteiger partial charge in [0.2, 0.25) is 0 Å². The minimum atomic E-state index is -0.0698. The largest absolute Gasteiger partial charge is 0.381 e. The van der Waals surface area contributed by atoms with E-state index in [9.17, 15) is 0 Å². The van der Waals surface area contributed by atoms with Crippen molar-refractivity contribution in [1.29, 1.82) is 0 Å². The van der Waals surface area contributed by atoms with Crippen LogP contribution in [-0.2, 0) is 9.47 Å². The Hall–Kier alpha value is -0.120. The molecule has 0 bridgehead atoms. The Labute approximate surface area is 105 Å². The Morgan fingerprint density at radius 1 is 1.29 bits per heavy atom. The van der Waals surface area contributed by atoms with Crippen molar-refractivity contribution >= 4 is 0 Å². The molecule has 0 aromatic rings. The monoisotopic (exact) mass is 241 g/mol. The minimum absolute atomic E-state index is 0.0698. The summed E-state index contributed by atoms with van der Waals surface area (Å²) in [4.78, 5) is 0. The molecule has 0 aromatic heterocycles. The van der Waals surface area contributed by atoms with Crippen LogP contribution in [0.1, 0.15) is 45.4 Å². The van der Waals surface area contributed by atoms with Crippen molar-refractivity contribution in [2.24, 2.45) is 17.6 Å². The quantitative estimate of drug-likeness (QED) is 0.825. The molecule has 3 unspecified atom stereocenters. The minimum Gasteiger partial charge on any atom is -0.381 e. The van der Waals surface area contributed by atoms with E-state index in [1.165, 1.54) is 12.8 Å². The summed E-state index contributed by atoms with van der Waals surface area (Å²) in [5.41, 5.74) is 6.48. The molecule has 0 aromatic carbocycles. The molecule has 1 heterocycles. The van der Waals surface area contributed by atoms with Gasteiger partial charge in [-0.3, -0.25) is 0 Å². The second-order valence-electron chi connectivity index (χ2n) is 5.95. The second-order valence-corrected chi connectivity index (χ2v) is 5.95. The standard InChI is InChI=1S/C14H27NO2/c1-11-4-3-7-14(10-11,16-2)13(15)12-5-8-17-9-6-12/h11-13H,3-10,15H2,1-2H3. The van der Waals surface area contributed by atoms with Gasteiger partial charge in [-0.2, -0.15) is 0 Å². The maximum Gasteiger partial charge on any atom is 0.0834 e. The summed E-state index contributed by atoms with van der Waals surface area (Å²) in [6, 6.07) is 0.180. The van der Waals surface area contributed by atoms with Crippen molar-refractivity contribution in [3.05, 3.63) is 0 Å². The molecule has 2 N–H and O–H groups in total. The van der Waals surface area contributed by atoms with E-state index in [0.29, 0.717) is 5.92 Å². The molecular formula is C14H27NO2. The molecule has 0 spiro atoms. The number of methoxy groups -OCH3 is 1. The lowest BCUT2D eigenvalue weighted by Crippen LogP contribution is -2.56. The first kappa shape index (κ1) is 13.3. The average Bonchev–Trinajstić information content (AvgIpc) is 2.38. The predicted molar refractivity (Wildman–Crippen MR) is 68.9 cm³/mol. The molecule has 1 aliphatic carbocycles. The number of nitrogens with two attached hydrogens (primary N) is 1. The van der Waals surface area contributed by atoms with Crippen LogP contribution in [0.15, 0.2) is 0 Å². The summed E-state index contributed by atoms with van der Waals surface area (Å²) < 4.78 is 11.3. The van der Waals surface area contributed by atoms with E-state index in [0.717, 1.165) is 44.8 Å². The molecule has 1 aliphatic heterocycles. The molecule has 17 heavy (non-hydrogen) atoms. The van der Waals surface area contributed by atoms with Crippen LogP contribution in [0.2, 0.25) is 0 Å². The number of rotatable bonds is 3. The third-order valence-corrected chi connectivity index (χ3v) is 4.78. The number of hydrogen-bond acceptors (Lipinski definition) is 3. The first-order valence-corrected chi connectivity index (χ1v) is 7.06. The average molecular weight is 241 g/mol. The van der Waals surface area contributed by atoms with Gasteiger partial charge in [0.05, 0.1) is 5.60 Å². The molecule has 3 atom stereocenters. The van der Waals surface area contributed by atoms with E-state index in [-0.39, 0.29) is 11.6 Å². The fourth-order valence-electron chi connectivity index (χ4n) is 3.67. The number of hydrogen-bond donors (Lipinski definition) is 1. The molecule has 2 aliphatic rings. The van der Waals surface area contributed by atoms with Crippen LogP contribution in [0.3, 0.4) is 0 Å². The van der Waals surface area contributed by atoms with E-state index in [4.69, 9.17) is 15.2 Å². The van der Waals surface area contributed by atoms with Crippen molar-refractivity contribution in [3.8, 4) is 0 Å². The van der Waals surface area contributed by atoms with Gasteiger partial charge in [-0.05, 0) is 37.5 Å². The van der Waals surface area contributed by atoms with Gasteiger partial charge in [-0.25, -0.2) is 0 Å². The maximum absolute atomic E-state index is 6.55. The first-order chi connectivity index (χ1) is 8.18. The fraction of sp³-hybridized carbons (Fsp3) is 1.00. The number of ether oxygens (including phenoxy) is 2. The Balaban J connectivity index is 2.04. The zero-order valence-electron chi connectivity index (χ0n) is 11.3. The molecule has 2 rings (SSSR count). The molecule has 3 heteroatoms. The molecule has 0 radical (unpaired) electrons. The maximum atomic E-state index is 6.55. The molecule has 3 nitrogen and oxygen atoms in total. The van der Waals surface area contributed by atoms with Crippen LogP contribution in [-0.4, -0.2) is 32.0 Å². The summed E-state index contributed by atoms with van der Waals surface area (Å²) in [7, 11) is 1.84. The Bertz CT molecular complexity index is 240. The lowest BCUT2D eigenvalue weighted by Gasteiger charge is -2.46. The smallest absolute Gasteiger partial charge is 0.0834 e. The Morgan fingerprint density at radius 3 is 2.59 bits per heavy atom. The van der Waals surface area contributed by atoms with Crippen molar-refractivity contribution in [3.63, 3.8) is 0 Å². The summed E-state index contributed by atoms with van der Waals surface area (Å²) in [6.07, 6.45) is 7.03. The van der Waals surface area contributed by atoms with E-state index >= 15 is 0 Å². The molecule has 1 saturated carbocycles. The predicted octanol–water partition coefficient (Wildman–Crippen LogP) is 2.34. The van der Waals surface area contributed by atoms with Gasteiger partial charge >= 0.3 is 0 Å². The first-order valence-electron chi connectivity index (χ1n) is 7.06. The van der Waals surface area contributed by atoms with Gasteiger partial charge in [0.15, 0.2) is 0 Å². The van der Waals surface area contributed by atoms with Gasteiger partial charge < -0.3 is 15.2 Å². The third kappa shape index (κ3) is 2.83. The van der Waals surface area contributed by atoms with Gasteiger partial charge in [0, 0.05) is 26.4 Å². The molecule has 0 amide bonds. The highest BCUT2D eigenvalue weighted by Gasteiger charge is 2.43. The lowest BCUT2D eigenvalue weighted by atomic mass is 9.70. The van der Waals surface area contributed by atoms with Crippen LogP contribution in [0.4, 0.5) is 0 Å². The zero-order chi connectivity index (χ0) is 12.3. The third-order valence-electron chi connectivity index (χ3n) is 4.78. The zero-order valence-corrected chi connectivity index (χ0v) is 11.3. The van der Waals surface area contributed by atoms with Crippen LogP contribution < -0.4 is 5.73 Å². The van der Waals surface area contributed by atoms with Gasteiger partial charge in [-0.1, -0.05) is 19.8 Å². The van der Waals surface area contributed by atoms with Crippen molar-refractivity contribution < 1.29 is 9.47 Å². The summed E-state index contributed by atoms with van der Waals surface area (Å²) in [6.45, 7) is 4.06. The van der Waals surface area contributed by atoms with E-state index in [1.807, 2.05) is 7.11 Å². The van der Waals surface area contributed by atoms with Crippen LogP contribution in [0.5, 0.6) is 0 Å². The molecular weight excluding hydrogens is 214 g/mol. The Kier molecular flexibility index (Phi) is 4.45. The van der Waals surface area contributed by atoms with Crippen molar-refractivity contribution in [2.75, 3.05) is 20.3 Å². The molecule has 2 fully saturated rings. The SMILES string of the molecule is COC1(C(N)C2CCOCC2)CCCC(C)C1. The normalized spacial score (nSPS) is 37.9. The second kappa shape index (κ2) is 5.68. The highest BCUT2D eigenvalue weighted by molar-refractivity contribution is 4.98. The fourth-order valence-corrected chi connectivity index (χ4v) is 3.67. The molecule has 1 saturated heterocycles. The lowest BCUT2D eigenvalue weighted by molar-refractivity contribution is -0.0930. The Morgan fingerprint density at radius 2 is 2.00 bits per heavy atom. The van der Waals surface area contributed by atoms with Crippen molar-refractivity contribution in [1.82, 2.24) is 0 Å². The highest BCUT2D eigenvalue weighted by Crippen LogP contribution is 2.40. The van der Waals surface area contributed by atoms with E-state index in [2.05, 4.69) is 6.92 Å². The van der Waals surface area contributed by atoms with Gasteiger partial charge in [0.25, 0.3) is 0 Å². The highest BCUT2D eigenvalue weighted by atomic mass is 16.5. The van der Waals surface area contributed by atoms with E-state index in [1.54, 1.807) is 0 Å². The van der Waals surface area contributed by atoms with Gasteiger partial charge in [0.1, 0.15) is 0 Å². The van der Waals surface area contributed by atoms with Crippen LogP contribution in [0.25, 0.3) is 0 Å². The summed E-state index contributed by atoms with van der Waals surface area (Å²) >= 11 is 0. The molecule has 100 valence electrons. The topological polar surface area (TPSA) is 44.5 Å². The van der Waals surface area contributed by atoms with E-state index < -0.39 is 0 Å². The van der Waals surface area contributed by atoms with Gasteiger partial charge in [-0.15, -0.1) is 0 Å². The summed E-state index contributed by atoms with van der Waals surface area (Å²) in [5, 5.41) is 0.